The number of halogens is 2. The van der Waals surface area contributed by atoms with Gasteiger partial charge in [-0.15, -0.1) is 0 Å². The van der Waals surface area contributed by atoms with E-state index >= 15 is 0 Å². The largest absolute Gasteiger partial charge is 1.00 e. The molecule has 0 N–H and O–H groups in total. The van der Waals surface area contributed by atoms with E-state index < -0.39 is 0 Å². The fourth-order valence-electron chi connectivity index (χ4n) is 5.36. The van der Waals surface area contributed by atoms with Crippen molar-refractivity contribution < 1.29 is 49.5 Å². The minimum Gasteiger partial charge on any atom is -1.00 e. The van der Waals surface area contributed by atoms with E-state index in [1.54, 1.807) is 44.7 Å². The van der Waals surface area contributed by atoms with Gasteiger partial charge in [0, 0.05) is 0 Å². The molecule has 0 radical (unpaired) electrons. The fraction of sp³-hybridized carbons (Fsp3) is 0.333. The minimum absolute atomic E-state index is 0. The molecule has 0 amide bonds. The summed E-state index contributed by atoms with van der Waals surface area (Å²) in [7, 11) is 0. The van der Waals surface area contributed by atoms with Gasteiger partial charge in [0.05, 0.1) is 0 Å². The molecule has 5 rings (SSSR count). The smallest absolute Gasteiger partial charge is 1.00 e. The quantitative estimate of drug-likeness (QED) is 0.574. The molecule has 3 aliphatic carbocycles. The van der Waals surface area contributed by atoms with Crippen LogP contribution in [0.5, 0.6) is 0 Å². The van der Waals surface area contributed by atoms with Crippen LogP contribution >= 0.6 is 0 Å². The van der Waals surface area contributed by atoms with Crippen LogP contribution in [-0.2, 0) is 30.1 Å². The second-order valence-electron chi connectivity index (χ2n) is 7.94. The Labute approximate surface area is 191 Å². The van der Waals surface area contributed by atoms with Crippen LogP contribution in [0.3, 0.4) is 0 Å². The van der Waals surface area contributed by atoms with Crippen LogP contribution in [0.1, 0.15) is 47.2 Å². The Morgan fingerprint density at radius 1 is 0.778 bits per heavy atom. The van der Waals surface area contributed by atoms with E-state index in [0.717, 1.165) is 0 Å². The van der Waals surface area contributed by atoms with Gasteiger partial charge in [-0.25, -0.2) is 0 Å². The van der Waals surface area contributed by atoms with Crippen molar-refractivity contribution in [3.05, 3.63) is 89.8 Å². The van der Waals surface area contributed by atoms with E-state index in [0.29, 0.717) is 5.92 Å². The molecule has 2 bridgehead atoms. The first-order valence-electron chi connectivity index (χ1n) is 9.13. The third-order valence-corrected chi connectivity index (χ3v) is 7.94. The van der Waals surface area contributed by atoms with Crippen molar-refractivity contribution in [3.63, 3.8) is 0 Å². The molecule has 3 aliphatic rings. The van der Waals surface area contributed by atoms with Gasteiger partial charge in [-0.3, -0.25) is 0 Å². The summed E-state index contributed by atoms with van der Waals surface area (Å²) in [5.74, 6) is 0.592. The molecule has 2 aromatic rings. The van der Waals surface area contributed by atoms with Crippen LogP contribution in [0.2, 0.25) is 0 Å². The van der Waals surface area contributed by atoms with Gasteiger partial charge >= 0.3 is 167 Å². The van der Waals surface area contributed by atoms with Crippen LogP contribution < -0.4 is 24.8 Å². The van der Waals surface area contributed by atoms with E-state index in [1.165, 1.54) is 33.4 Å². The summed E-state index contributed by atoms with van der Waals surface area (Å²) in [5, 5.41) is 0. The van der Waals surface area contributed by atoms with Gasteiger partial charge in [0.2, 0.25) is 0 Å². The van der Waals surface area contributed by atoms with Crippen molar-refractivity contribution in [2.75, 3.05) is 0 Å². The monoisotopic (exact) mass is 473 g/mol. The first-order chi connectivity index (χ1) is 11.8. The van der Waals surface area contributed by atoms with Crippen LogP contribution in [0.15, 0.2) is 56.4 Å². The van der Waals surface area contributed by atoms with Crippen molar-refractivity contribution >= 4 is 0 Å². The third kappa shape index (κ3) is 2.88. The number of allylic oxidation sites excluding steroid dienone is 4. The molecule has 27 heavy (non-hydrogen) atoms. The molecule has 2 aromatic carbocycles. The number of hydrogen-bond donors (Lipinski definition) is 0. The summed E-state index contributed by atoms with van der Waals surface area (Å²) in [4.78, 5) is 0. The summed E-state index contributed by atoms with van der Waals surface area (Å²) in [6.07, 6.45) is 0. The van der Waals surface area contributed by atoms with Gasteiger partial charge in [0.25, 0.3) is 0 Å². The Balaban J connectivity index is 0.00000131. The van der Waals surface area contributed by atoms with E-state index in [4.69, 9.17) is 0 Å². The van der Waals surface area contributed by atoms with Crippen LogP contribution in [0.4, 0.5) is 0 Å². The van der Waals surface area contributed by atoms with Crippen molar-refractivity contribution in [3.8, 4) is 0 Å². The zero-order valence-corrected chi connectivity index (χ0v) is 20.8. The summed E-state index contributed by atoms with van der Waals surface area (Å²) >= 11 is 1.57. The zero-order valence-electron chi connectivity index (χ0n) is 16.8. The molecule has 3 heteroatoms. The SMILES string of the molecule is CC1=C2C(C)[C]([Zr+2])=C1C2(c1ccc(C)cc1C)c1ccc(C)cc1C.[Cl-].[Cl-]. The number of fused-ring (bicyclic) bond motifs is 1. The molecule has 0 saturated heterocycles. The van der Waals surface area contributed by atoms with Crippen LogP contribution in [0.25, 0.3) is 0 Å². The maximum absolute atomic E-state index is 2.41. The summed E-state index contributed by atoms with van der Waals surface area (Å²) in [6, 6.07) is 14.0. The molecule has 0 nitrogen and oxygen atoms in total. The summed E-state index contributed by atoms with van der Waals surface area (Å²) < 4.78 is 1.65. The molecular formula is C24H25Cl2Zr. The number of rotatable bonds is 2. The number of hydrogen-bond acceptors (Lipinski definition) is 0. The molecular weight excluding hydrogens is 450 g/mol. The molecule has 1 atom stereocenters. The van der Waals surface area contributed by atoms with Gasteiger partial charge in [-0.05, 0) is 0 Å². The van der Waals surface area contributed by atoms with Gasteiger partial charge in [-0.1, -0.05) is 0 Å². The van der Waals surface area contributed by atoms with E-state index in [-0.39, 0.29) is 30.2 Å². The Bertz CT molecular complexity index is 930. The standard InChI is InChI=1S/C24H25.2ClH.Zr/c1-14-7-9-20(16(3)11-14)24(21-10-8-15(2)12-17(21)4)22-13-18(5)23(24)19(22)6;;;/h7-12,18H,1-6H3;2*1H;/q;;;+2/p-2. The summed E-state index contributed by atoms with van der Waals surface area (Å²) in [6.45, 7) is 13.7. The molecule has 0 aromatic heterocycles. The molecule has 0 aliphatic heterocycles. The van der Waals surface area contributed by atoms with Crippen molar-refractivity contribution in [1.29, 1.82) is 0 Å². The second kappa shape index (κ2) is 7.66. The predicted octanol–water partition coefficient (Wildman–Crippen LogP) is -0.00492. The van der Waals surface area contributed by atoms with Crippen LogP contribution in [0, 0.1) is 33.6 Å². The van der Waals surface area contributed by atoms with E-state index in [1.807, 2.05) is 0 Å². The fourth-order valence-corrected chi connectivity index (χ4v) is 6.63. The van der Waals surface area contributed by atoms with Gasteiger partial charge in [0.1, 0.15) is 0 Å². The Hall–Kier alpha value is -0.617. The average Bonchev–Trinajstić information content (AvgIpc) is 2.89. The Kier molecular flexibility index (Phi) is 6.43. The molecule has 1 unspecified atom stereocenters. The zero-order chi connectivity index (χ0) is 18.1. The molecule has 0 saturated carbocycles. The molecule has 0 fully saturated rings. The van der Waals surface area contributed by atoms with Gasteiger partial charge in [0.15, 0.2) is 0 Å². The number of benzene rings is 2. The van der Waals surface area contributed by atoms with Crippen molar-refractivity contribution in [2.24, 2.45) is 5.92 Å². The first-order valence-corrected chi connectivity index (χ1v) is 10.4. The van der Waals surface area contributed by atoms with Crippen molar-refractivity contribution in [1.82, 2.24) is 0 Å². The third-order valence-electron chi connectivity index (χ3n) is 6.27. The predicted molar refractivity (Wildman–Crippen MR) is 102 cm³/mol. The molecule has 0 heterocycles. The molecule has 0 spiro atoms. The number of aryl methyl sites for hydroxylation is 4. The maximum Gasteiger partial charge on any atom is -1.00 e. The van der Waals surface area contributed by atoms with Gasteiger partial charge < -0.3 is 24.8 Å². The second-order valence-corrected chi connectivity index (χ2v) is 9.26. The first kappa shape index (κ1) is 22.7. The van der Waals surface area contributed by atoms with E-state index in [9.17, 15) is 0 Å². The summed E-state index contributed by atoms with van der Waals surface area (Å²) in [5.41, 5.74) is 13.3. The molecule has 139 valence electrons. The van der Waals surface area contributed by atoms with Crippen LogP contribution in [-0.4, -0.2) is 0 Å². The Morgan fingerprint density at radius 3 is 1.52 bits per heavy atom. The minimum atomic E-state index is -0.00215. The van der Waals surface area contributed by atoms with E-state index in [2.05, 4.69) is 77.9 Å². The maximum atomic E-state index is 2.41. The topological polar surface area (TPSA) is 0 Å². The Morgan fingerprint density at radius 2 is 1.22 bits per heavy atom. The average molecular weight is 476 g/mol. The van der Waals surface area contributed by atoms with Gasteiger partial charge in [-0.2, -0.15) is 0 Å². The normalized spacial score (nSPS) is 19.5. The van der Waals surface area contributed by atoms with Crippen molar-refractivity contribution in [2.45, 2.75) is 47.0 Å².